The molecule has 0 bridgehead atoms. The molecule has 1 heterocycles. The summed E-state index contributed by atoms with van der Waals surface area (Å²) in [4.78, 5) is 0. The Bertz CT molecular complexity index is 518. The molecule has 130 valence electrons. The van der Waals surface area contributed by atoms with Crippen LogP contribution in [0, 0.1) is 0 Å². The molecule has 2 rings (SSSR count). The highest BCUT2D eigenvalue weighted by molar-refractivity contribution is 7.84. The zero-order valence-corrected chi connectivity index (χ0v) is 15.0. The molecule has 1 saturated heterocycles. The first-order chi connectivity index (χ1) is 10.8. The van der Waals surface area contributed by atoms with Gasteiger partial charge in [-0.25, -0.2) is 8.51 Å². The molecule has 23 heavy (non-hydrogen) atoms. The molecule has 0 amide bonds. The Labute approximate surface area is 141 Å². The van der Waals surface area contributed by atoms with Crippen LogP contribution < -0.4 is 5.73 Å². The summed E-state index contributed by atoms with van der Waals surface area (Å²) >= 11 is 0. The van der Waals surface area contributed by atoms with Gasteiger partial charge in [0.1, 0.15) is 11.0 Å². The highest BCUT2D eigenvalue weighted by Crippen LogP contribution is 2.23. The van der Waals surface area contributed by atoms with Crippen LogP contribution in [0.5, 0.6) is 0 Å². The van der Waals surface area contributed by atoms with Gasteiger partial charge in [-0.05, 0) is 39.2 Å². The molecule has 0 aliphatic carbocycles. The second-order valence-corrected chi connectivity index (χ2v) is 9.30. The van der Waals surface area contributed by atoms with Gasteiger partial charge in [0.2, 0.25) is 0 Å². The SMILES string of the molecule is CC(C)(C)S(=O)N(Cc1ccccc1)C[C@@H]1CCC(N)C(O)O1. The monoisotopic (exact) mass is 340 g/mol. The highest BCUT2D eigenvalue weighted by Gasteiger charge is 2.32. The van der Waals surface area contributed by atoms with Crippen molar-refractivity contribution in [3.05, 3.63) is 35.9 Å². The number of benzene rings is 1. The number of hydrogen-bond acceptors (Lipinski definition) is 4. The predicted octanol–water partition coefficient (Wildman–Crippen LogP) is 1.78. The molecule has 1 aliphatic heterocycles. The number of nitrogens with two attached hydrogens (primary N) is 1. The van der Waals surface area contributed by atoms with Crippen LogP contribution in [0.1, 0.15) is 39.2 Å². The maximum absolute atomic E-state index is 12.9. The summed E-state index contributed by atoms with van der Waals surface area (Å²) in [6.45, 7) is 7.00. The van der Waals surface area contributed by atoms with Crippen molar-refractivity contribution in [2.75, 3.05) is 6.54 Å². The Morgan fingerprint density at radius 2 is 1.96 bits per heavy atom. The second-order valence-electron chi connectivity index (χ2n) is 7.06. The van der Waals surface area contributed by atoms with Crippen LogP contribution in [-0.4, -0.2) is 43.3 Å². The minimum absolute atomic E-state index is 0.153. The van der Waals surface area contributed by atoms with Crippen molar-refractivity contribution in [2.24, 2.45) is 5.73 Å². The second kappa shape index (κ2) is 7.85. The number of rotatable bonds is 5. The van der Waals surface area contributed by atoms with Crippen molar-refractivity contribution in [1.29, 1.82) is 0 Å². The van der Waals surface area contributed by atoms with Gasteiger partial charge in [0.15, 0.2) is 6.29 Å². The molecule has 0 radical (unpaired) electrons. The first-order valence-electron chi connectivity index (χ1n) is 8.07. The number of aliphatic hydroxyl groups is 1. The molecule has 4 atom stereocenters. The minimum atomic E-state index is -1.16. The van der Waals surface area contributed by atoms with E-state index in [1.54, 1.807) is 0 Å². The standard InChI is InChI=1S/C17H28N2O3S/c1-17(2,3)23(21)19(11-13-7-5-4-6-8-13)12-14-9-10-15(18)16(20)22-14/h4-8,14-16,20H,9-12,18H2,1-3H3/t14-,15?,16?,23?/m0/s1. The van der Waals surface area contributed by atoms with Gasteiger partial charge >= 0.3 is 0 Å². The topological polar surface area (TPSA) is 75.8 Å². The molecule has 3 N–H and O–H groups in total. The number of ether oxygens (including phenoxy) is 1. The maximum atomic E-state index is 12.9. The van der Waals surface area contributed by atoms with Gasteiger partial charge in [-0.15, -0.1) is 0 Å². The Morgan fingerprint density at radius 1 is 1.30 bits per heavy atom. The van der Waals surface area contributed by atoms with E-state index in [0.29, 0.717) is 19.5 Å². The van der Waals surface area contributed by atoms with E-state index < -0.39 is 17.3 Å². The third-order valence-electron chi connectivity index (χ3n) is 3.89. The molecule has 0 saturated carbocycles. The third kappa shape index (κ3) is 5.36. The first kappa shape index (κ1) is 18.5. The zero-order valence-electron chi connectivity index (χ0n) is 14.1. The zero-order chi connectivity index (χ0) is 17.0. The van der Waals surface area contributed by atoms with Crippen molar-refractivity contribution >= 4 is 11.0 Å². The van der Waals surface area contributed by atoms with Crippen molar-refractivity contribution in [3.8, 4) is 0 Å². The average molecular weight is 340 g/mol. The van der Waals surface area contributed by atoms with Crippen molar-refractivity contribution < 1.29 is 14.1 Å². The third-order valence-corrected chi connectivity index (χ3v) is 5.68. The van der Waals surface area contributed by atoms with E-state index in [1.165, 1.54) is 0 Å². The van der Waals surface area contributed by atoms with Gasteiger partial charge in [-0.1, -0.05) is 30.3 Å². The highest BCUT2D eigenvalue weighted by atomic mass is 32.2. The van der Waals surface area contributed by atoms with Crippen LogP contribution in [-0.2, 0) is 22.3 Å². The number of nitrogens with zero attached hydrogens (tertiary/aromatic N) is 1. The van der Waals surface area contributed by atoms with E-state index in [-0.39, 0.29) is 16.9 Å². The smallest absolute Gasteiger partial charge is 0.170 e. The lowest BCUT2D eigenvalue weighted by Crippen LogP contribution is -2.49. The molecule has 1 aromatic carbocycles. The molecule has 0 aromatic heterocycles. The van der Waals surface area contributed by atoms with Gasteiger partial charge in [0.25, 0.3) is 0 Å². The van der Waals surface area contributed by atoms with Gasteiger partial charge < -0.3 is 15.6 Å². The molecule has 3 unspecified atom stereocenters. The Hall–Kier alpha value is -0.790. The van der Waals surface area contributed by atoms with E-state index in [0.717, 1.165) is 12.0 Å². The van der Waals surface area contributed by atoms with Crippen LogP contribution in [0.2, 0.25) is 0 Å². The van der Waals surface area contributed by atoms with Crippen molar-refractivity contribution in [1.82, 2.24) is 4.31 Å². The summed E-state index contributed by atoms with van der Waals surface area (Å²) in [5.74, 6) is 0. The fourth-order valence-corrected chi connectivity index (χ4v) is 3.96. The normalized spacial score (nSPS) is 27.1. The summed E-state index contributed by atoms with van der Waals surface area (Å²) in [6.07, 6.45) is 0.396. The predicted molar refractivity (Wildman–Crippen MR) is 92.8 cm³/mol. The molecular weight excluding hydrogens is 312 g/mol. The summed E-state index contributed by atoms with van der Waals surface area (Å²) in [6, 6.07) is 9.65. The molecule has 0 spiro atoms. The fraction of sp³-hybridized carbons (Fsp3) is 0.647. The summed E-state index contributed by atoms with van der Waals surface area (Å²) in [5.41, 5.74) is 6.88. The molecule has 6 heteroatoms. The van der Waals surface area contributed by atoms with Crippen LogP contribution in [0.15, 0.2) is 30.3 Å². The van der Waals surface area contributed by atoms with Crippen LogP contribution in [0.3, 0.4) is 0 Å². The maximum Gasteiger partial charge on any atom is 0.170 e. The van der Waals surface area contributed by atoms with Crippen molar-refractivity contribution in [3.63, 3.8) is 0 Å². The van der Waals surface area contributed by atoms with Crippen molar-refractivity contribution in [2.45, 2.75) is 63.3 Å². The first-order valence-corrected chi connectivity index (χ1v) is 9.18. The largest absolute Gasteiger partial charge is 0.367 e. The minimum Gasteiger partial charge on any atom is -0.367 e. The molecule has 1 aliphatic rings. The van der Waals surface area contributed by atoms with E-state index >= 15 is 0 Å². The van der Waals surface area contributed by atoms with Crippen LogP contribution in [0.25, 0.3) is 0 Å². The van der Waals surface area contributed by atoms with Gasteiger partial charge in [0, 0.05) is 13.1 Å². The quantitative estimate of drug-likeness (QED) is 0.857. The van der Waals surface area contributed by atoms with Gasteiger partial charge in [-0.3, -0.25) is 0 Å². The van der Waals surface area contributed by atoms with Gasteiger partial charge in [0.05, 0.1) is 16.9 Å². The molecular formula is C17H28N2O3S. The van der Waals surface area contributed by atoms with E-state index in [9.17, 15) is 9.32 Å². The summed E-state index contributed by atoms with van der Waals surface area (Å²) < 4.78 is 20.1. The Balaban J connectivity index is 2.09. The van der Waals surface area contributed by atoms with Crippen LogP contribution in [0.4, 0.5) is 0 Å². The molecule has 1 aromatic rings. The lowest BCUT2D eigenvalue weighted by atomic mass is 10.0. The van der Waals surface area contributed by atoms with E-state index in [2.05, 4.69) is 0 Å². The summed E-state index contributed by atoms with van der Waals surface area (Å²) in [7, 11) is -1.16. The van der Waals surface area contributed by atoms with Gasteiger partial charge in [-0.2, -0.15) is 0 Å². The number of aliphatic hydroxyl groups excluding tert-OH is 1. The Kier molecular flexibility index (Phi) is 6.33. The number of hydrogen-bond donors (Lipinski definition) is 2. The lowest BCUT2D eigenvalue weighted by molar-refractivity contribution is -0.174. The molecule has 5 nitrogen and oxygen atoms in total. The fourth-order valence-electron chi connectivity index (χ4n) is 2.61. The summed E-state index contributed by atoms with van der Waals surface area (Å²) in [5, 5.41) is 9.81. The van der Waals surface area contributed by atoms with E-state index in [1.807, 2.05) is 55.4 Å². The van der Waals surface area contributed by atoms with Crippen LogP contribution >= 0.6 is 0 Å². The van der Waals surface area contributed by atoms with E-state index in [4.69, 9.17) is 10.5 Å². The average Bonchev–Trinajstić information content (AvgIpc) is 2.49. The molecule has 1 fully saturated rings. The lowest BCUT2D eigenvalue weighted by Gasteiger charge is -2.36. The Morgan fingerprint density at radius 3 is 2.52 bits per heavy atom.